The van der Waals surface area contributed by atoms with E-state index in [-0.39, 0.29) is 0 Å². The van der Waals surface area contributed by atoms with Crippen LogP contribution in [-0.2, 0) is 22.3 Å². The van der Waals surface area contributed by atoms with E-state index < -0.39 is 0 Å². The van der Waals surface area contributed by atoms with Gasteiger partial charge in [-0.15, -0.1) is 0 Å². The molecule has 0 radical (unpaired) electrons. The normalized spacial score (nSPS) is 15.3. The van der Waals surface area contributed by atoms with Crippen LogP contribution in [-0.4, -0.2) is 32.5 Å². The summed E-state index contributed by atoms with van der Waals surface area (Å²) in [6.45, 7) is 2.51. The first-order valence-corrected chi connectivity index (χ1v) is 5.86. The van der Waals surface area contributed by atoms with Gasteiger partial charge in [-0.25, -0.2) is 0 Å². The Kier molecular flexibility index (Phi) is 4.34. The fourth-order valence-corrected chi connectivity index (χ4v) is 2.10. The van der Waals surface area contributed by atoms with E-state index in [1.54, 1.807) is 0 Å². The molecule has 0 saturated carbocycles. The third kappa shape index (κ3) is 3.04. The van der Waals surface area contributed by atoms with Crippen LogP contribution in [0.15, 0.2) is 24.3 Å². The van der Waals surface area contributed by atoms with Crippen LogP contribution in [0.4, 0.5) is 0 Å². The van der Waals surface area contributed by atoms with Crippen LogP contribution in [0, 0.1) is 0 Å². The largest absolute Gasteiger partial charge is 0.378 e. The summed E-state index contributed by atoms with van der Waals surface area (Å²) in [5.41, 5.74) is 8.18. The number of fused-ring (bicyclic) bond motifs is 1. The molecule has 0 heterocycles. The number of nitrogens with two attached hydrogens (primary N) is 1. The molecule has 0 amide bonds. The Morgan fingerprint density at radius 2 is 1.75 bits per heavy atom. The topological polar surface area (TPSA) is 44.5 Å². The van der Waals surface area contributed by atoms with Crippen molar-refractivity contribution in [2.75, 3.05) is 26.4 Å². The fourth-order valence-electron chi connectivity index (χ4n) is 2.10. The molecule has 0 aromatic heterocycles. The van der Waals surface area contributed by atoms with Gasteiger partial charge in [-0.3, -0.25) is 0 Å². The van der Waals surface area contributed by atoms with Crippen molar-refractivity contribution < 1.29 is 9.47 Å². The molecule has 0 unspecified atom stereocenters. The maximum Gasteiger partial charge on any atom is 0.0704 e. The molecular formula is C13H19NO2. The van der Waals surface area contributed by atoms with Crippen molar-refractivity contribution in [1.29, 1.82) is 0 Å². The second-order valence-corrected chi connectivity index (χ2v) is 4.07. The van der Waals surface area contributed by atoms with Crippen LogP contribution in [0.3, 0.4) is 0 Å². The summed E-state index contributed by atoms with van der Waals surface area (Å²) in [6, 6.07) is 8.55. The highest BCUT2D eigenvalue weighted by atomic mass is 16.5. The molecule has 3 nitrogen and oxygen atoms in total. The SMILES string of the molecule is NCCOCCOC1Cc2ccccc2C1. The molecule has 0 fully saturated rings. The van der Waals surface area contributed by atoms with Crippen molar-refractivity contribution in [2.24, 2.45) is 5.73 Å². The van der Waals surface area contributed by atoms with Gasteiger partial charge in [0.15, 0.2) is 0 Å². The molecule has 1 aromatic carbocycles. The van der Waals surface area contributed by atoms with Crippen molar-refractivity contribution in [2.45, 2.75) is 18.9 Å². The first-order chi connectivity index (χ1) is 7.90. The smallest absolute Gasteiger partial charge is 0.0704 e. The number of hydrogen-bond acceptors (Lipinski definition) is 3. The molecule has 16 heavy (non-hydrogen) atoms. The van der Waals surface area contributed by atoms with Crippen LogP contribution in [0.5, 0.6) is 0 Å². The lowest BCUT2D eigenvalue weighted by Gasteiger charge is -2.10. The number of hydrogen-bond donors (Lipinski definition) is 1. The Balaban J connectivity index is 1.67. The predicted octanol–water partition coefficient (Wildman–Crippen LogP) is 1.15. The van der Waals surface area contributed by atoms with E-state index in [1.807, 2.05) is 0 Å². The van der Waals surface area contributed by atoms with Gasteiger partial charge in [0.2, 0.25) is 0 Å². The highest BCUT2D eigenvalue weighted by molar-refractivity contribution is 5.32. The zero-order valence-corrected chi connectivity index (χ0v) is 9.52. The molecule has 0 bridgehead atoms. The van der Waals surface area contributed by atoms with E-state index in [4.69, 9.17) is 15.2 Å². The van der Waals surface area contributed by atoms with E-state index in [0.29, 0.717) is 32.5 Å². The molecular weight excluding hydrogens is 202 g/mol. The molecule has 1 aromatic rings. The molecule has 1 aliphatic rings. The Hall–Kier alpha value is -0.900. The number of rotatable bonds is 6. The minimum atomic E-state index is 0.332. The molecule has 3 heteroatoms. The molecule has 88 valence electrons. The van der Waals surface area contributed by atoms with Crippen LogP contribution < -0.4 is 5.73 Å². The zero-order chi connectivity index (χ0) is 11.2. The second-order valence-electron chi connectivity index (χ2n) is 4.07. The van der Waals surface area contributed by atoms with Gasteiger partial charge in [0, 0.05) is 6.54 Å². The van der Waals surface area contributed by atoms with Crippen molar-refractivity contribution >= 4 is 0 Å². The van der Waals surface area contributed by atoms with Gasteiger partial charge < -0.3 is 15.2 Å². The fraction of sp³-hybridized carbons (Fsp3) is 0.538. The maximum absolute atomic E-state index is 5.77. The van der Waals surface area contributed by atoms with Crippen molar-refractivity contribution in [1.82, 2.24) is 0 Å². The highest BCUT2D eigenvalue weighted by Crippen LogP contribution is 2.23. The molecule has 2 rings (SSSR count). The van der Waals surface area contributed by atoms with Crippen LogP contribution in [0.1, 0.15) is 11.1 Å². The predicted molar refractivity (Wildman–Crippen MR) is 63.5 cm³/mol. The van der Waals surface area contributed by atoms with Gasteiger partial charge in [-0.2, -0.15) is 0 Å². The maximum atomic E-state index is 5.77. The van der Waals surface area contributed by atoms with E-state index in [0.717, 1.165) is 12.8 Å². The quantitative estimate of drug-likeness (QED) is 0.733. The van der Waals surface area contributed by atoms with E-state index in [9.17, 15) is 0 Å². The Labute approximate surface area is 96.5 Å². The van der Waals surface area contributed by atoms with Gasteiger partial charge in [0.1, 0.15) is 0 Å². The average molecular weight is 221 g/mol. The van der Waals surface area contributed by atoms with Gasteiger partial charge >= 0.3 is 0 Å². The third-order valence-electron chi connectivity index (χ3n) is 2.86. The Bertz CT molecular complexity index is 302. The molecule has 2 N–H and O–H groups in total. The summed E-state index contributed by atoms with van der Waals surface area (Å²) in [7, 11) is 0. The summed E-state index contributed by atoms with van der Waals surface area (Å²) in [5, 5.41) is 0. The summed E-state index contributed by atoms with van der Waals surface area (Å²) in [6.07, 6.45) is 2.40. The van der Waals surface area contributed by atoms with Crippen LogP contribution >= 0.6 is 0 Å². The van der Waals surface area contributed by atoms with Gasteiger partial charge in [-0.1, -0.05) is 24.3 Å². The van der Waals surface area contributed by atoms with Crippen molar-refractivity contribution in [3.8, 4) is 0 Å². The van der Waals surface area contributed by atoms with Crippen LogP contribution in [0.25, 0.3) is 0 Å². The standard InChI is InChI=1S/C13H19NO2/c14-5-6-15-7-8-16-13-9-11-3-1-2-4-12(11)10-13/h1-4,13H,5-10,14H2. The zero-order valence-electron chi connectivity index (χ0n) is 9.52. The second kappa shape index (κ2) is 5.99. The summed E-state index contributed by atoms with van der Waals surface area (Å²) in [5.74, 6) is 0. The lowest BCUT2D eigenvalue weighted by atomic mass is 10.1. The van der Waals surface area contributed by atoms with Crippen LogP contribution in [0.2, 0.25) is 0 Å². The molecule has 0 spiro atoms. The first kappa shape index (κ1) is 11.6. The summed E-state index contributed by atoms with van der Waals surface area (Å²) >= 11 is 0. The average Bonchev–Trinajstić information content (AvgIpc) is 2.71. The van der Waals surface area contributed by atoms with E-state index in [2.05, 4.69) is 24.3 Å². The van der Waals surface area contributed by atoms with Gasteiger partial charge in [0.25, 0.3) is 0 Å². The minimum Gasteiger partial charge on any atom is -0.378 e. The number of benzene rings is 1. The third-order valence-corrected chi connectivity index (χ3v) is 2.86. The molecule has 0 saturated heterocycles. The van der Waals surface area contributed by atoms with E-state index in [1.165, 1.54) is 11.1 Å². The van der Waals surface area contributed by atoms with Crippen molar-refractivity contribution in [3.63, 3.8) is 0 Å². The molecule has 0 atom stereocenters. The first-order valence-electron chi connectivity index (χ1n) is 5.86. The van der Waals surface area contributed by atoms with Gasteiger partial charge in [0.05, 0.1) is 25.9 Å². The van der Waals surface area contributed by atoms with Crippen molar-refractivity contribution in [3.05, 3.63) is 35.4 Å². The summed E-state index contributed by atoms with van der Waals surface area (Å²) < 4.78 is 11.0. The lowest BCUT2D eigenvalue weighted by Crippen LogP contribution is -2.18. The summed E-state index contributed by atoms with van der Waals surface area (Å²) in [4.78, 5) is 0. The Morgan fingerprint density at radius 3 is 2.38 bits per heavy atom. The van der Waals surface area contributed by atoms with Gasteiger partial charge in [-0.05, 0) is 24.0 Å². The lowest BCUT2D eigenvalue weighted by molar-refractivity contribution is 0.0111. The Morgan fingerprint density at radius 1 is 1.06 bits per heavy atom. The minimum absolute atomic E-state index is 0.332. The number of ether oxygens (including phenoxy) is 2. The molecule has 1 aliphatic carbocycles. The monoisotopic (exact) mass is 221 g/mol. The van der Waals surface area contributed by atoms with E-state index >= 15 is 0 Å². The molecule has 0 aliphatic heterocycles. The highest BCUT2D eigenvalue weighted by Gasteiger charge is 2.20.